The van der Waals surface area contributed by atoms with Crippen LogP contribution in [0.2, 0.25) is 0 Å². The second-order valence-electron chi connectivity index (χ2n) is 4.39. The number of hydrogen-bond acceptors (Lipinski definition) is 4. The number of hydrogen-bond donors (Lipinski definition) is 1. The van der Waals surface area contributed by atoms with E-state index in [1.54, 1.807) is 6.92 Å². The smallest absolute Gasteiger partial charge is 0.320 e. The van der Waals surface area contributed by atoms with E-state index in [1.807, 2.05) is 30.3 Å². The van der Waals surface area contributed by atoms with Gasteiger partial charge in [-0.3, -0.25) is 0 Å². The second-order valence-corrected chi connectivity index (χ2v) is 5.96. The van der Waals surface area contributed by atoms with Crippen molar-refractivity contribution in [3.05, 3.63) is 46.8 Å². The van der Waals surface area contributed by atoms with Crippen molar-refractivity contribution in [2.24, 2.45) is 0 Å². The van der Waals surface area contributed by atoms with E-state index in [-0.39, 0.29) is 5.38 Å². The predicted molar refractivity (Wildman–Crippen MR) is 83.5 cm³/mol. The Balaban J connectivity index is 1.88. The number of nitrogens with one attached hydrogen (secondary N) is 1. The summed E-state index contributed by atoms with van der Waals surface area (Å²) in [6.07, 6.45) is 0. The molecule has 6 heteroatoms. The second kappa shape index (κ2) is 5.42. The van der Waals surface area contributed by atoms with Crippen LogP contribution in [0.4, 0.5) is 11.7 Å². The number of nitrogens with zero attached hydrogens (tertiary/aromatic N) is 2. The summed E-state index contributed by atoms with van der Waals surface area (Å²) in [7, 11) is 0. The Morgan fingerprint density at radius 1 is 1.15 bits per heavy atom. The normalized spacial score (nSPS) is 12.6. The molecular weight excluding hydrogens is 342 g/mol. The van der Waals surface area contributed by atoms with Gasteiger partial charge >= 0.3 is 6.01 Å². The Labute approximate surface area is 129 Å². The molecule has 0 aliphatic heterocycles. The van der Waals surface area contributed by atoms with E-state index < -0.39 is 0 Å². The van der Waals surface area contributed by atoms with E-state index >= 15 is 0 Å². The van der Waals surface area contributed by atoms with Gasteiger partial charge in [-0.15, -0.1) is 16.7 Å². The van der Waals surface area contributed by atoms with Gasteiger partial charge in [-0.1, -0.05) is 33.2 Å². The average Bonchev–Trinajstić information content (AvgIpc) is 2.88. The van der Waals surface area contributed by atoms with Crippen LogP contribution < -0.4 is 5.32 Å². The van der Waals surface area contributed by atoms with Gasteiger partial charge in [-0.2, -0.15) is 0 Å². The van der Waals surface area contributed by atoms with E-state index in [0.29, 0.717) is 11.9 Å². The van der Waals surface area contributed by atoms with Crippen LogP contribution in [0.1, 0.15) is 18.2 Å². The first kappa shape index (κ1) is 13.4. The van der Waals surface area contributed by atoms with Crippen LogP contribution >= 0.6 is 27.5 Å². The molecule has 1 heterocycles. The maximum Gasteiger partial charge on any atom is 0.320 e. The SMILES string of the molecule is CC(Cl)c1nnc(Nc2ccc3cc(Br)ccc3c2)o1. The van der Waals surface area contributed by atoms with Crippen molar-refractivity contribution in [3.63, 3.8) is 0 Å². The van der Waals surface area contributed by atoms with E-state index in [1.165, 1.54) is 0 Å². The molecule has 1 aromatic heterocycles. The molecule has 3 rings (SSSR count). The molecule has 2 aromatic carbocycles. The topological polar surface area (TPSA) is 51.0 Å². The lowest BCUT2D eigenvalue weighted by Crippen LogP contribution is -1.90. The third-order valence-corrected chi connectivity index (χ3v) is 3.51. The summed E-state index contributed by atoms with van der Waals surface area (Å²) in [5.41, 5.74) is 0.886. The highest BCUT2D eigenvalue weighted by molar-refractivity contribution is 9.10. The number of anilines is 2. The fourth-order valence-corrected chi connectivity index (χ4v) is 2.33. The van der Waals surface area contributed by atoms with Gasteiger partial charge in [-0.05, 0) is 42.0 Å². The van der Waals surface area contributed by atoms with Crippen molar-refractivity contribution >= 4 is 50.0 Å². The van der Waals surface area contributed by atoms with Crippen LogP contribution in [0.3, 0.4) is 0 Å². The summed E-state index contributed by atoms with van der Waals surface area (Å²) in [6, 6.07) is 12.5. The fourth-order valence-electron chi connectivity index (χ4n) is 1.86. The van der Waals surface area contributed by atoms with Crippen molar-refractivity contribution in [2.75, 3.05) is 5.32 Å². The minimum atomic E-state index is -0.299. The molecule has 3 aromatic rings. The Bertz CT molecular complexity index is 757. The van der Waals surface area contributed by atoms with Gasteiger partial charge in [0, 0.05) is 10.2 Å². The molecule has 1 atom stereocenters. The summed E-state index contributed by atoms with van der Waals surface area (Å²) in [5, 5.41) is 12.8. The van der Waals surface area contributed by atoms with E-state index in [2.05, 4.69) is 37.5 Å². The van der Waals surface area contributed by atoms with Crippen molar-refractivity contribution in [1.29, 1.82) is 0 Å². The number of fused-ring (bicyclic) bond motifs is 1. The van der Waals surface area contributed by atoms with Crippen molar-refractivity contribution in [1.82, 2.24) is 10.2 Å². The summed E-state index contributed by atoms with van der Waals surface area (Å²) < 4.78 is 6.47. The molecule has 0 bridgehead atoms. The quantitative estimate of drug-likeness (QED) is 0.672. The van der Waals surface area contributed by atoms with Crippen LogP contribution in [0.15, 0.2) is 45.3 Å². The molecule has 102 valence electrons. The highest BCUT2D eigenvalue weighted by Crippen LogP contribution is 2.26. The molecule has 20 heavy (non-hydrogen) atoms. The first-order chi connectivity index (χ1) is 9.61. The molecule has 0 amide bonds. The van der Waals surface area contributed by atoms with Crippen LogP contribution in [0.25, 0.3) is 10.8 Å². The maximum absolute atomic E-state index is 5.88. The Morgan fingerprint density at radius 2 is 1.90 bits per heavy atom. The lowest BCUT2D eigenvalue weighted by molar-refractivity contribution is 0.510. The first-order valence-electron chi connectivity index (χ1n) is 6.05. The predicted octanol–water partition coefficient (Wildman–Crippen LogP) is 5.03. The monoisotopic (exact) mass is 351 g/mol. The van der Waals surface area contributed by atoms with Crippen LogP contribution in [0, 0.1) is 0 Å². The number of benzene rings is 2. The van der Waals surface area contributed by atoms with Crippen molar-refractivity contribution in [2.45, 2.75) is 12.3 Å². The number of alkyl halides is 1. The highest BCUT2D eigenvalue weighted by atomic mass is 79.9. The summed E-state index contributed by atoms with van der Waals surface area (Å²) in [6.45, 7) is 1.78. The van der Waals surface area contributed by atoms with Gasteiger partial charge in [0.15, 0.2) is 0 Å². The van der Waals surface area contributed by atoms with E-state index in [0.717, 1.165) is 20.9 Å². The summed E-state index contributed by atoms with van der Waals surface area (Å²) in [5.74, 6) is 0.402. The zero-order valence-corrected chi connectivity index (χ0v) is 12.9. The van der Waals surface area contributed by atoms with Crippen LogP contribution in [0.5, 0.6) is 0 Å². The fraction of sp³-hybridized carbons (Fsp3) is 0.143. The zero-order valence-electron chi connectivity index (χ0n) is 10.6. The lowest BCUT2D eigenvalue weighted by atomic mass is 10.1. The molecule has 0 saturated carbocycles. The lowest BCUT2D eigenvalue weighted by Gasteiger charge is -2.04. The first-order valence-corrected chi connectivity index (χ1v) is 7.28. The van der Waals surface area contributed by atoms with Gasteiger partial charge in [0.25, 0.3) is 0 Å². The number of aromatic nitrogens is 2. The number of rotatable bonds is 3. The van der Waals surface area contributed by atoms with Gasteiger partial charge in [0.2, 0.25) is 5.89 Å². The van der Waals surface area contributed by atoms with Gasteiger partial charge in [0.1, 0.15) is 5.38 Å². The Morgan fingerprint density at radius 3 is 2.65 bits per heavy atom. The Hall–Kier alpha value is -1.59. The molecule has 0 radical (unpaired) electrons. The molecule has 0 aliphatic rings. The molecular formula is C14H11BrClN3O. The minimum absolute atomic E-state index is 0.299. The largest absolute Gasteiger partial charge is 0.406 e. The average molecular weight is 353 g/mol. The molecule has 0 aliphatic carbocycles. The molecule has 4 nitrogen and oxygen atoms in total. The molecule has 0 fully saturated rings. The van der Waals surface area contributed by atoms with Crippen molar-refractivity contribution < 1.29 is 4.42 Å². The molecule has 1 unspecified atom stereocenters. The number of halogens is 2. The maximum atomic E-state index is 5.88. The minimum Gasteiger partial charge on any atom is -0.406 e. The van der Waals surface area contributed by atoms with Crippen LogP contribution in [-0.2, 0) is 0 Å². The molecule has 0 saturated heterocycles. The summed E-state index contributed by atoms with van der Waals surface area (Å²) in [4.78, 5) is 0. The highest BCUT2D eigenvalue weighted by Gasteiger charge is 2.11. The van der Waals surface area contributed by atoms with Gasteiger partial charge in [-0.25, -0.2) is 0 Å². The van der Waals surface area contributed by atoms with E-state index in [9.17, 15) is 0 Å². The van der Waals surface area contributed by atoms with Gasteiger partial charge < -0.3 is 9.73 Å². The Kier molecular flexibility index (Phi) is 3.63. The van der Waals surface area contributed by atoms with E-state index in [4.69, 9.17) is 16.0 Å². The third-order valence-electron chi connectivity index (χ3n) is 2.83. The third kappa shape index (κ3) is 2.78. The van der Waals surface area contributed by atoms with Crippen LogP contribution in [-0.4, -0.2) is 10.2 Å². The summed E-state index contributed by atoms with van der Waals surface area (Å²) >= 11 is 9.34. The molecule has 1 N–H and O–H groups in total. The molecule has 0 spiro atoms. The zero-order chi connectivity index (χ0) is 14.1. The van der Waals surface area contributed by atoms with Crippen molar-refractivity contribution in [3.8, 4) is 0 Å². The van der Waals surface area contributed by atoms with Gasteiger partial charge in [0.05, 0.1) is 0 Å². The standard InChI is InChI=1S/C14H11BrClN3O/c1-8(16)13-18-19-14(20-13)17-12-5-3-9-6-11(15)4-2-10(9)7-12/h2-8H,1H3,(H,17,19).